The van der Waals surface area contributed by atoms with E-state index in [0.29, 0.717) is 25.0 Å². The van der Waals surface area contributed by atoms with Crippen molar-refractivity contribution in [3.63, 3.8) is 0 Å². The third-order valence-corrected chi connectivity index (χ3v) is 1.42. The highest BCUT2D eigenvalue weighted by Gasteiger charge is 2.12. The fourth-order valence-corrected chi connectivity index (χ4v) is 0.807. The molecule has 0 aliphatic rings. The molecule has 0 unspecified atom stereocenters. The molecule has 0 bridgehead atoms. The van der Waals surface area contributed by atoms with Gasteiger partial charge in [0.25, 0.3) is 0 Å². The molecule has 0 fully saturated rings. The summed E-state index contributed by atoms with van der Waals surface area (Å²) in [6, 6.07) is -0.646. The topological polar surface area (TPSA) is 73.6 Å². The third kappa shape index (κ3) is 9.49. The van der Waals surface area contributed by atoms with E-state index in [-0.39, 0.29) is 0 Å². The largest absolute Gasteiger partial charge is 0.352 e. The number of nitrogens with two attached hydrogens (primary N) is 1. The van der Waals surface area contributed by atoms with Crippen molar-refractivity contribution in [3.05, 3.63) is 0 Å². The average Bonchev–Trinajstić information content (AvgIpc) is 2.08. The molecule has 0 aliphatic heterocycles. The lowest BCUT2D eigenvalue weighted by Gasteiger charge is -2.20. The Hall–Kier alpha value is -0.810. The molecule has 0 spiro atoms. The second-order valence-corrected chi connectivity index (χ2v) is 4.29. The number of amides is 2. The molecule has 15 heavy (non-hydrogen) atoms. The smallest absolute Gasteiger partial charge is 0.316 e. The highest BCUT2D eigenvalue weighted by molar-refractivity contribution is 5.71. The molecule has 5 nitrogen and oxygen atoms in total. The molecule has 2 amide bonds. The zero-order valence-electron chi connectivity index (χ0n) is 9.95. The van der Waals surface area contributed by atoms with Gasteiger partial charge in [0.05, 0.1) is 13.2 Å². The van der Waals surface area contributed by atoms with Crippen molar-refractivity contribution in [2.75, 3.05) is 13.2 Å². The van der Waals surface area contributed by atoms with Crippen LogP contribution in [0.3, 0.4) is 0 Å². The summed E-state index contributed by atoms with van der Waals surface area (Å²) in [5, 5.41) is 2.39. The van der Waals surface area contributed by atoms with Gasteiger partial charge < -0.3 is 15.2 Å². The van der Waals surface area contributed by atoms with Gasteiger partial charge in [-0.3, -0.25) is 5.32 Å². The Morgan fingerprint density at radius 3 is 1.80 bits per heavy atom. The normalized spacial score (nSPS) is 11.4. The van der Waals surface area contributed by atoms with E-state index in [1.165, 1.54) is 0 Å². The van der Waals surface area contributed by atoms with E-state index < -0.39 is 12.4 Å². The summed E-state index contributed by atoms with van der Waals surface area (Å²) in [4.78, 5) is 10.7. The molecule has 0 saturated carbocycles. The standard InChI is InChI=1S/C10H22N2O3/c1-7(2)5-14-10(12-9(11)13)15-6-8(3)4/h7-8,10H,5-6H2,1-4H3,(H3,11,12,13). The molecule has 5 heteroatoms. The van der Waals surface area contributed by atoms with Crippen LogP contribution in [-0.4, -0.2) is 25.7 Å². The highest BCUT2D eigenvalue weighted by atomic mass is 16.7. The Morgan fingerprint density at radius 1 is 1.13 bits per heavy atom. The lowest BCUT2D eigenvalue weighted by atomic mass is 10.2. The lowest BCUT2D eigenvalue weighted by Crippen LogP contribution is -2.43. The van der Waals surface area contributed by atoms with Crippen molar-refractivity contribution >= 4 is 6.03 Å². The number of primary amides is 1. The van der Waals surface area contributed by atoms with Gasteiger partial charge in [-0.05, 0) is 11.8 Å². The molecule has 0 atom stereocenters. The Kier molecular flexibility index (Phi) is 7.07. The van der Waals surface area contributed by atoms with Gasteiger partial charge in [-0.25, -0.2) is 4.79 Å². The molecule has 90 valence electrons. The zero-order valence-corrected chi connectivity index (χ0v) is 9.95. The lowest BCUT2D eigenvalue weighted by molar-refractivity contribution is -0.163. The van der Waals surface area contributed by atoms with Gasteiger partial charge in [0, 0.05) is 0 Å². The van der Waals surface area contributed by atoms with Gasteiger partial charge in [0.2, 0.25) is 6.41 Å². The molecular formula is C10H22N2O3. The van der Waals surface area contributed by atoms with Crippen LogP contribution in [0.25, 0.3) is 0 Å². The minimum atomic E-state index is -0.743. The van der Waals surface area contributed by atoms with Gasteiger partial charge in [-0.1, -0.05) is 27.7 Å². The van der Waals surface area contributed by atoms with Gasteiger partial charge >= 0.3 is 6.03 Å². The van der Waals surface area contributed by atoms with Crippen LogP contribution in [-0.2, 0) is 9.47 Å². The first kappa shape index (κ1) is 14.2. The number of rotatable bonds is 7. The van der Waals surface area contributed by atoms with Gasteiger partial charge in [-0.15, -0.1) is 0 Å². The maximum absolute atomic E-state index is 10.7. The molecule has 0 aromatic rings. The second-order valence-electron chi connectivity index (χ2n) is 4.29. The van der Waals surface area contributed by atoms with Crippen LogP contribution < -0.4 is 11.1 Å². The summed E-state index contributed by atoms with van der Waals surface area (Å²) in [5.41, 5.74) is 5.00. The maximum atomic E-state index is 10.7. The maximum Gasteiger partial charge on any atom is 0.316 e. The van der Waals surface area contributed by atoms with Crippen molar-refractivity contribution in [3.8, 4) is 0 Å². The molecule has 0 heterocycles. The summed E-state index contributed by atoms with van der Waals surface area (Å²) in [7, 11) is 0. The van der Waals surface area contributed by atoms with E-state index in [1.807, 2.05) is 27.7 Å². The molecule has 0 aliphatic carbocycles. The Balaban J connectivity index is 3.89. The average molecular weight is 218 g/mol. The summed E-state index contributed by atoms with van der Waals surface area (Å²) in [5.74, 6) is 0.759. The Labute approximate surface area is 91.3 Å². The van der Waals surface area contributed by atoms with Crippen molar-refractivity contribution < 1.29 is 14.3 Å². The minimum Gasteiger partial charge on any atom is -0.352 e. The number of nitrogens with one attached hydrogen (secondary N) is 1. The van der Waals surface area contributed by atoms with Crippen molar-refractivity contribution in [2.24, 2.45) is 17.6 Å². The fraction of sp³-hybridized carbons (Fsp3) is 0.900. The van der Waals surface area contributed by atoms with E-state index in [9.17, 15) is 4.79 Å². The molecule has 0 saturated heterocycles. The highest BCUT2D eigenvalue weighted by Crippen LogP contribution is 2.01. The van der Waals surface area contributed by atoms with Crippen LogP contribution in [0.1, 0.15) is 27.7 Å². The first-order valence-corrected chi connectivity index (χ1v) is 5.21. The predicted molar refractivity (Wildman–Crippen MR) is 58.1 cm³/mol. The summed E-state index contributed by atoms with van der Waals surface area (Å²) in [6.07, 6.45) is -0.743. The van der Waals surface area contributed by atoms with E-state index in [0.717, 1.165) is 0 Å². The first-order chi connectivity index (χ1) is 6.91. The number of carbonyl (C=O) groups excluding carboxylic acids is 1. The molecule has 3 N–H and O–H groups in total. The number of hydrogen-bond donors (Lipinski definition) is 2. The quantitative estimate of drug-likeness (QED) is 0.632. The van der Waals surface area contributed by atoms with Gasteiger partial charge in [0.1, 0.15) is 0 Å². The molecule has 0 rings (SSSR count). The monoisotopic (exact) mass is 218 g/mol. The molecular weight excluding hydrogens is 196 g/mol. The SMILES string of the molecule is CC(C)COC(NC(N)=O)OCC(C)C. The summed E-state index contributed by atoms with van der Waals surface area (Å²) >= 11 is 0. The van der Waals surface area contributed by atoms with Gasteiger partial charge in [-0.2, -0.15) is 0 Å². The van der Waals surface area contributed by atoms with E-state index in [2.05, 4.69) is 5.32 Å². The predicted octanol–water partition coefficient (Wildman–Crippen LogP) is 1.28. The van der Waals surface area contributed by atoms with Crippen molar-refractivity contribution in [2.45, 2.75) is 34.1 Å². The second kappa shape index (κ2) is 7.48. The van der Waals surface area contributed by atoms with E-state index in [4.69, 9.17) is 15.2 Å². The van der Waals surface area contributed by atoms with Crippen molar-refractivity contribution in [1.29, 1.82) is 0 Å². The molecule has 0 aromatic carbocycles. The van der Waals surface area contributed by atoms with Crippen LogP contribution in [0.5, 0.6) is 0 Å². The zero-order chi connectivity index (χ0) is 11.8. The number of carbonyl (C=O) groups is 1. The van der Waals surface area contributed by atoms with E-state index >= 15 is 0 Å². The number of ether oxygens (including phenoxy) is 2. The van der Waals surface area contributed by atoms with Crippen molar-refractivity contribution in [1.82, 2.24) is 5.32 Å². The number of urea groups is 1. The van der Waals surface area contributed by atoms with Crippen LogP contribution >= 0.6 is 0 Å². The first-order valence-electron chi connectivity index (χ1n) is 5.21. The summed E-state index contributed by atoms with van der Waals surface area (Å²) in [6.45, 7) is 9.10. The van der Waals surface area contributed by atoms with Crippen LogP contribution in [0.2, 0.25) is 0 Å². The number of hydrogen-bond acceptors (Lipinski definition) is 3. The molecule has 0 aromatic heterocycles. The Morgan fingerprint density at radius 2 is 1.53 bits per heavy atom. The van der Waals surface area contributed by atoms with E-state index in [1.54, 1.807) is 0 Å². The summed E-state index contributed by atoms with van der Waals surface area (Å²) < 4.78 is 10.7. The third-order valence-electron chi connectivity index (χ3n) is 1.42. The molecule has 0 radical (unpaired) electrons. The van der Waals surface area contributed by atoms with Gasteiger partial charge in [0.15, 0.2) is 0 Å². The minimum absolute atomic E-state index is 0.379. The van der Waals surface area contributed by atoms with Crippen LogP contribution in [0.15, 0.2) is 0 Å². The van der Waals surface area contributed by atoms with Crippen LogP contribution in [0.4, 0.5) is 4.79 Å². The van der Waals surface area contributed by atoms with Crippen LogP contribution in [0, 0.1) is 11.8 Å². The fourth-order valence-electron chi connectivity index (χ4n) is 0.807. The Bertz CT molecular complexity index is 172.